The molecule has 2 N–H and O–H groups in total. The molecule has 0 bridgehead atoms. The third-order valence-electron chi connectivity index (χ3n) is 3.64. The molecule has 0 aliphatic carbocycles. The zero-order chi connectivity index (χ0) is 15.2. The van der Waals surface area contributed by atoms with Crippen molar-refractivity contribution in [2.24, 2.45) is 0 Å². The van der Waals surface area contributed by atoms with Crippen LogP contribution in [0.3, 0.4) is 0 Å². The maximum Gasteiger partial charge on any atom is 0.321 e. The highest BCUT2D eigenvalue weighted by molar-refractivity contribution is 7.85. The van der Waals surface area contributed by atoms with Crippen molar-refractivity contribution < 1.29 is 9.00 Å². The monoisotopic (exact) mass is 309 g/mol. The van der Waals surface area contributed by atoms with Crippen LogP contribution >= 0.6 is 0 Å². The van der Waals surface area contributed by atoms with E-state index in [1.807, 2.05) is 24.3 Å². The summed E-state index contributed by atoms with van der Waals surface area (Å²) in [5.74, 6) is 1.15. The van der Waals surface area contributed by atoms with Crippen molar-refractivity contribution in [2.75, 3.05) is 36.5 Å². The van der Waals surface area contributed by atoms with E-state index in [1.54, 1.807) is 4.90 Å². The number of hydrogen-bond donors (Lipinski definition) is 2. The van der Waals surface area contributed by atoms with E-state index in [4.69, 9.17) is 0 Å². The van der Waals surface area contributed by atoms with Gasteiger partial charge >= 0.3 is 6.03 Å². The zero-order valence-corrected chi connectivity index (χ0v) is 13.4. The van der Waals surface area contributed by atoms with Crippen LogP contribution in [-0.2, 0) is 10.8 Å². The number of carbonyl (C=O) groups excluding carboxylic acids is 1. The van der Waals surface area contributed by atoms with Crippen LogP contribution in [0.15, 0.2) is 24.3 Å². The minimum absolute atomic E-state index is 0.112. The van der Waals surface area contributed by atoms with Gasteiger partial charge in [0.05, 0.1) is 0 Å². The van der Waals surface area contributed by atoms with Crippen molar-refractivity contribution in [1.82, 2.24) is 10.2 Å². The van der Waals surface area contributed by atoms with Crippen LogP contribution in [0.5, 0.6) is 0 Å². The van der Waals surface area contributed by atoms with Crippen molar-refractivity contribution in [3.05, 3.63) is 29.8 Å². The number of urea groups is 1. The number of benzene rings is 1. The summed E-state index contributed by atoms with van der Waals surface area (Å²) in [5.41, 5.74) is 1.99. The van der Waals surface area contributed by atoms with Gasteiger partial charge in [-0.2, -0.15) is 0 Å². The summed E-state index contributed by atoms with van der Waals surface area (Å²) < 4.78 is 11.3. The lowest BCUT2D eigenvalue weighted by Crippen LogP contribution is -2.43. The topological polar surface area (TPSA) is 61.4 Å². The summed E-state index contributed by atoms with van der Waals surface area (Å²) in [6.07, 6.45) is 0. The Labute approximate surface area is 128 Å². The standard InChI is InChI=1S/C15H23N3O2S/c1-3-16-12(2)13-4-6-14(7-5-13)17-15(19)18-8-10-21(20)11-9-18/h4-7,12,16H,3,8-11H2,1-2H3,(H,17,19). The molecule has 21 heavy (non-hydrogen) atoms. The van der Waals surface area contributed by atoms with E-state index >= 15 is 0 Å². The number of nitrogens with zero attached hydrogens (tertiary/aromatic N) is 1. The largest absolute Gasteiger partial charge is 0.323 e. The molecule has 1 aromatic carbocycles. The Kier molecular flexibility index (Phi) is 5.76. The highest BCUT2D eigenvalue weighted by atomic mass is 32.2. The first-order valence-electron chi connectivity index (χ1n) is 7.34. The van der Waals surface area contributed by atoms with Crippen molar-refractivity contribution in [3.63, 3.8) is 0 Å². The fourth-order valence-electron chi connectivity index (χ4n) is 2.32. The first-order chi connectivity index (χ1) is 10.1. The lowest BCUT2D eigenvalue weighted by atomic mass is 10.1. The number of nitrogens with one attached hydrogen (secondary N) is 2. The van der Waals surface area contributed by atoms with Crippen LogP contribution in [0.2, 0.25) is 0 Å². The molecule has 5 nitrogen and oxygen atoms in total. The molecule has 2 rings (SSSR count). The molecule has 6 heteroatoms. The van der Waals surface area contributed by atoms with Crippen LogP contribution in [0.1, 0.15) is 25.5 Å². The van der Waals surface area contributed by atoms with Crippen molar-refractivity contribution in [2.45, 2.75) is 19.9 Å². The summed E-state index contributed by atoms with van der Waals surface area (Å²) in [6.45, 7) is 6.25. The Hall–Kier alpha value is -1.40. The van der Waals surface area contributed by atoms with Gasteiger partial charge in [0.2, 0.25) is 0 Å². The summed E-state index contributed by atoms with van der Waals surface area (Å²) in [6, 6.07) is 8.07. The normalized spacial score (nSPS) is 17.5. The van der Waals surface area contributed by atoms with Gasteiger partial charge in [0, 0.05) is 47.1 Å². The molecule has 1 unspecified atom stereocenters. The maximum absolute atomic E-state index is 12.1. The molecular weight excluding hydrogens is 286 g/mol. The Balaban J connectivity index is 1.90. The Morgan fingerprint density at radius 3 is 2.48 bits per heavy atom. The second-order valence-corrected chi connectivity index (χ2v) is 6.86. The average molecular weight is 309 g/mol. The molecule has 1 heterocycles. The summed E-state index contributed by atoms with van der Waals surface area (Å²) in [5, 5.41) is 6.25. The SMILES string of the molecule is CCNC(C)c1ccc(NC(=O)N2CCS(=O)CC2)cc1. The molecule has 116 valence electrons. The third-order valence-corrected chi connectivity index (χ3v) is 4.91. The number of rotatable bonds is 4. The lowest BCUT2D eigenvalue weighted by molar-refractivity contribution is 0.216. The van der Waals surface area contributed by atoms with Gasteiger partial charge in [0.15, 0.2) is 0 Å². The summed E-state index contributed by atoms with van der Waals surface area (Å²) in [7, 11) is -0.763. The number of amides is 2. The molecule has 1 aliphatic rings. The Morgan fingerprint density at radius 1 is 1.29 bits per heavy atom. The van der Waals surface area contributed by atoms with Gasteiger partial charge in [0.1, 0.15) is 0 Å². The maximum atomic E-state index is 12.1. The molecule has 1 aromatic rings. The summed E-state index contributed by atoms with van der Waals surface area (Å²) >= 11 is 0. The van der Waals surface area contributed by atoms with E-state index in [0.717, 1.165) is 12.2 Å². The van der Waals surface area contributed by atoms with Crippen LogP contribution < -0.4 is 10.6 Å². The van der Waals surface area contributed by atoms with Crippen molar-refractivity contribution in [3.8, 4) is 0 Å². The molecular formula is C15H23N3O2S. The van der Waals surface area contributed by atoms with Crippen LogP contribution in [0, 0.1) is 0 Å². The lowest BCUT2D eigenvalue weighted by Gasteiger charge is -2.26. The van der Waals surface area contributed by atoms with Crippen LogP contribution in [-0.4, -0.2) is 46.3 Å². The molecule has 1 atom stereocenters. The minimum atomic E-state index is -0.763. The van der Waals surface area contributed by atoms with E-state index in [9.17, 15) is 9.00 Å². The third kappa shape index (κ3) is 4.54. The van der Waals surface area contributed by atoms with Gasteiger partial charge in [0.25, 0.3) is 0 Å². The predicted molar refractivity (Wildman–Crippen MR) is 87.0 cm³/mol. The van der Waals surface area contributed by atoms with Crippen LogP contribution in [0.25, 0.3) is 0 Å². The van der Waals surface area contributed by atoms with Gasteiger partial charge in [-0.3, -0.25) is 4.21 Å². The average Bonchev–Trinajstić information content (AvgIpc) is 2.49. The van der Waals surface area contributed by atoms with Crippen molar-refractivity contribution >= 4 is 22.5 Å². The number of anilines is 1. The van der Waals surface area contributed by atoms with E-state index in [0.29, 0.717) is 30.6 Å². The van der Waals surface area contributed by atoms with E-state index < -0.39 is 10.8 Å². The number of carbonyl (C=O) groups is 1. The second kappa shape index (κ2) is 7.56. The van der Waals surface area contributed by atoms with Gasteiger partial charge in [-0.05, 0) is 31.2 Å². The molecule has 1 aliphatic heterocycles. The first-order valence-corrected chi connectivity index (χ1v) is 8.83. The fourth-order valence-corrected chi connectivity index (χ4v) is 3.37. The Morgan fingerprint density at radius 2 is 1.90 bits per heavy atom. The molecule has 0 spiro atoms. The smallest absolute Gasteiger partial charge is 0.321 e. The molecule has 0 saturated carbocycles. The molecule has 0 radical (unpaired) electrons. The van der Waals surface area contributed by atoms with Crippen molar-refractivity contribution in [1.29, 1.82) is 0 Å². The second-order valence-electron chi connectivity index (χ2n) is 5.17. The van der Waals surface area contributed by atoms with Gasteiger partial charge < -0.3 is 15.5 Å². The zero-order valence-electron chi connectivity index (χ0n) is 12.6. The Bertz CT molecular complexity index is 494. The molecule has 2 amide bonds. The van der Waals surface area contributed by atoms with Gasteiger partial charge in [-0.25, -0.2) is 4.79 Å². The highest BCUT2D eigenvalue weighted by Crippen LogP contribution is 2.16. The first kappa shape index (κ1) is 16.0. The summed E-state index contributed by atoms with van der Waals surface area (Å²) in [4.78, 5) is 13.8. The molecule has 1 saturated heterocycles. The van der Waals surface area contributed by atoms with E-state index in [2.05, 4.69) is 24.5 Å². The van der Waals surface area contributed by atoms with Crippen LogP contribution in [0.4, 0.5) is 10.5 Å². The van der Waals surface area contributed by atoms with E-state index in [1.165, 1.54) is 5.56 Å². The number of hydrogen-bond acceptors (Lipinski definition) is 3. The molecule has 1 fully saturated rings. The van der Waals surface area contributed by atoms with Gasteiger partial charge in [-0.15, -0.1) is 0 Å². The quantitative estimate of drug-likeness (QED) is 0.894. The fraction of sp³-hybridized carbons (Fsp3) is 0.533. The van der Waals surface area contributed by atoms with Gasteiger partial charge in [-0.1, -0.05) is 19.1 Å². The molecule has 0 aromatic heterocycles. The minimum Gasteiger partial charge on any atom is -0.323 e. The highest BCUT2D eigenvalue weighted by Gasteiger charge is 2.19. The van der Waals surface area contributed by atoms with E-state index in [-0.39, 0.29) is 6.03 Å². The predicted octanol–water partition coefficient (Wildman–Crippen LogP) is 1.95.